The van der Waals surface area contributed by atoms with Gasteiger partial charge in [-0.1, -0.05) is 31.0 Å². The van der Waals surface area contributed by atoms with Crippen molar-refractivity contribution in [3.05, 3.63) is 30.1 Å². The summed E-state index contributed by atoms with van der Waals surface area (Å²) in [5.41, 5.74) is 1.31. The van der Waals surface area contributed by atoms with E-state index in [0.29, 0.717) is 6.04 Å². The maximum atomic E-state index is 4.19. The van der Waals surface area contributed by atoms with Gasteiger partial charge in [-0.25, -0.2) is 4.68 Å². The predicted octanol–water partition coefficient (Wildman–Crippen LogP) is 2.91. The highest BCUT2D eigenvalue weighted by Crippen LogP contribution is 2.30. The second kappa shape index (κ2) is 6.83. The van der Waals surface area contributed by atoms with E-state index >= 15 is 0 Å². The summed E-state index contributed by atoms with van der Waals surface area (Å²) in [7, 11) is 0. The molecule has 1 fully saturated rings. The Kier molecular flexibility index (Phi) is 4.63. The summed E-state index contributed by atoms with van der Waals surface area (Å²) in [4.78, 5) is 4.04. The molecule has 1 aliphatic carbocycles. The Hall–Kier alpha value is -1.43. The smallest absolute Gasteiger partial charge is 0.209 e. The number of tetrazole rings is 1. The van der Waals surface area contributed by atoms with Crippen LogP contribution in [0.2, 0.25) is 0 Å². The van der Waals surface area contributed by atoms with Crippen LogP contribution in [0.4, 0.5) is 0 Å². The van der Waals surface area contributed by atoms with Crippen LogP contribution in [0.3, 0.4) is 0 Å². The summed E-state index contributed by atoms with van der Waals surface area (Å²) in [5, 5.41) is 13.2. The molecule has 0 amide bonds. The van der Waals surface area contributed by atoms with Crippen molar-refractivity contribution in [1.29, 1.82) is 0 Å². The molecule has 6 heteroatoms. The van der Waals surface area contributed by atoms with E-state index in [9.17, 15) is 0 Å². The fraction of sp³-hybridized carbons (Fsp3) is 0.571. The van der Waals surface area contributed by atoms with Crippen molar-refractivity contribution < 1.29 is 0 Å². The lowest BCUT2D eigenvalue weighted by Gasteiger charge is -2.21. The Bertz CT molecular complexity index is 521. The van der Waals surface area contributed by atoms with Gasteiger partial charge in [0.25, 0.3) is 0 Å². The summed E-state index contributed by atoms with van der Waals surface area (Å²) in [5.74, 6) is 0.997. The highest BCUT2D eigenvalue weighted by Gasteiger charge is 2.19. The molecular weight excluding hydrogens is 270 g/mol. The maximum absolute atomic E-state index is 4.19. The van der Waals surface area contributed by atoms with Crippen LogP contribution in [-0.2, 0) is 6.42 Å². The third-order valence-corrected chi connectivity index (χ3v) is 4.69. The fourth-order valence-corrected chi connectivity index (χ4v) is 3.58. The van der Waals surface area contributed by atoms with Gasteiger partial charge in [0.2, 0.25) is 5.16 Å². The number of pyridine rings is 1. The first-order valence-corrected chi connectivity index (χ1v) is 8.21. The molecule has 20 heavy (non-hydrogen) atoms. The van der Waals surface area contributed by atoms with Crippen LogP contribution in [0.15, 0.2) is 29.7 Å². The Balaban J connectivity index is 1.56. The van der Waals surface area contributed by atoms with Gasteiger partial charge in [-0.15, -0.1) is 5.10 Å². The zero-order chi connectivity index (χ0) is 13.6. The van der Waals surface area contributed by atoms with Crippen molar-refractivity contribution in [2.24, 2.45) is 0 Å². The lowest BCUT2D eigenvalue weighted by atomic mass is 9.96. The molecule has 2 heterocycles. The SMILES string of the molecule is c1cc(CCSc2nnnn2C2CCCCC2)ccn1. The number of nitrogens with zero attached hydrogens (tertiary/aromatic N) is 5. The molecule has 1 saturated carbocycles. The molecule has 106 valence electrons. The molecular formula is C14H19N5S. The first-order valence-electron chi connectivity index (χ1n) is 7.23. The van der Waals surface area contributed by atoms with Gasteiger partial charge >= 0.3 is 0 Å². The van der Waals surface area contributed by atoms with Crippen LogP contribution < -0.4 is 0 Å². The van der Waals surface area contributed by atoms with Gasteiger partial charge in [-0.2, -0.15) is 0 Å². The third kappa shape index (κ3) is 3.36. The minimum Gasteiger partial charge on any atom is -0.265 e. The van der Waals surface area contributed by atoms with Gasteiger partial charge in [0.15, 0.2) is 0 Å². The minimum absolute atomic E-state index is 0.502. The van der Waals surface area contributed by atoms with E-state index in [-0.39, 0.29) is 0 Å². The number of aryl methyl sites for hydroxylation is 1. The van der Waals surface area contributed by atoms with E-state index in [2.05, 4.69) is 32.6 Å². The maximum Gasteiger partial charge on any atom is 0.209 e. The molecule has 5 nitrogen and oxygen atoms in total. The molecule has 0 aromatic carbocycles. The zero-order valence-corrected chi connectivity index (χ0v) is 12.3. The van der Waals surface area contributed by atoms with E-state index in [1.54, 1.807) is 11.8 Å². The summed E-state index contributed by atoms with van der Waals surface area (Å²) < 4.78 is 2.04. The molecule has 0 aliphatic heterocycles. The fourth-order valence-electron chi connectivity index (χ4n) is 2.64. The lowest BCUT2D eigenvalue weighted by molar-refractivity contribution is 0.307. The molecule has 1 aliphatic rings. The van der Waals surface area contributed by atoms with Crippen molar-refractivity contribution in [1.82, 2.24) is 25.2 Å². The van der Waals surface area contributed by atoms with E-state index in [1.165, 1.54) is 37.7 Å². The minimum atomic E-state index is 0.502. The Morgan fingerprint density at radius 3 is 2.75 bits per heavy atom. The summed E-state index contributed by atoms with van der Waals surface area (Å²) >= 11 is 1.75. The Morgan fingerprint density at radius 2 is 1.95 bits per heavy atom. The Labute approximate surface area is 123 Å². The van der Waals surface area contributed by atoms with Gasteiger partial charge < -0.3 is 0 Å². The lowest BCUT2D eigenvalue weighted by Crippen LogP contribution is -2.15. The first kappa shape index (κ1) is 13.5. The summed E-state index contributed by atoms with van der Waals surface area (Å²) in [6.07, 6.45) is 11.1. The van der Waals surface area contributed by atoms with Crippen LogP contribution >= 0.6 is 11.8 Å². The number of thioether (sulfide) groups is 1. The summed E-state index contributed by atoms with van der Waals surface area (Å²) in [6, 6.07) is 4.62. The molecule has 0 saturated heterocycles. The zero-order valence-electron chi connectivity index (χ0n) is 11.5. The van der Waals surface area contributed by atoms with Crippen LogP contribution in [0.1, 0.15) is 43.7 Å². The van der Waals surface area contributed by atoms with E-state index in [4.69, 9.17) is 0 Å². The molecule has 3 rings (SSSR count). The quantitative estimate of drug-likeness (QED) is 0.792. The number of hydrogen-bond acceptors (Lipinski definition) is 5. The van der Waals surface area contributed by atoms with Crippen molar-refractivity contribution in [2.75, 3.05) is 5.75 Å². The second-order valence-electron chi connectivity index (χ2n) is 5.15. The highest BCUT2D eigenvalue weighted by molar-refractivity contribution is 7.99. The average molecular weight is 289 g/mol. The van der Waals surface area contributed by atoms with E-state index < -0.39 is 0 Å². The largest absolute Gasteiger partial charge is 0.265 e. The number of hydrogen-bond donors (Lipinski definition) is 0. The normalized spacial score (nSPS) is 16.4. The van der Waals surface area contributed by atoms with Crippen molar-refractivity contribution >= 4 is 11.8 Å². The summed E-state index contributed by atoms with van der Waals surface area (Å²) in [6.45, 7) is 0. The Morgan fingerprint density at radius 1 is 1.15 bits per heavy atom. The molecule has 0 N–H and O–H groups in total. The van der Waals surface area contributed by atoms with Crippen LogP contribution in [-0.4, -0.2) is 30.9 Å². The van der Waals surface area contributed by atoms with Gasteiger partial charge in [-0.05, 0) is 47.4 Å². The monoisotopic (exact) mass is 289 g/mol. The van der Waals surface area contributed by atoms with Crippen LogP contribution in [0.5, 0.6) is 0 Å². The van der Waals surface area contributed by atoms with Gasteiger partial charge in [0.05, 0.1) is 6.04 Å². The van der Waals surface area contributed by atoms with Crippen LogP contribution in [0, 0.1) is 0 Å². The van der Waals surface area contributed by atoms with Crippen molar-refractivity contribution in [3.63, 3.8) is 0 Å². The van der Waals surface area contributed by atoms with Gasteiger partial charge in [0.1, 0.15) is 0 Å². The molecule has 0 spiro atoms. The average Bonchev–Trinajstić information content (AvgIpc) is 2.98. The second-order valence-corrected chi connectivity index (χ2v) is 6.21. The molecule has 0 bridgehead atoms. The first-order chi connectivity index (χ1) is 9.93. The highest BCUT2D eigenvalue weighted by atomic mass is 32.2. The molecule has 2 aromatic rings. The standard InChI is InChI=1S/C14H19N5S/c1-2-4-13(5-3-1)19-14(16-17-18-19)20-11-8-12-6-9-15-10-7-12/h6-7,9-10,13H,1-5,8,11H2. The molecule has 0 atom stereocenters. The van der Waals surface area contributed by atoms with Crippen molar-refractivity contribution in [3.8, 4) is 0 Å². The van der Waals surface area contributed by atoms with E-state index in [0.717, 1.165) is 17.3 Å². The topological polar surface area (TPSA) is 56.5 Å². The van der Waals surface area contributed by atoms with Crippen molar-refractivity contribution in [2.45, 2.75) is 49.7 Å². The van der Waals surface area contributed by atoms with Crippen LogP contribution in [0.25, 0.3) is 0 Å². The number of aromatic nitrogens is 5. The molecule has 0 radical (unpaired) electrons. The molecule has 2 aromatic heterocycles. The third-order valence-electron chi connectivity index (χ3n) is 3.75. The number of rotatable bonds is 5. The van der Waals surface area contributed by atoms with Gasteiger partial charge in [0, 0.05) is 18.1 Å². The predicted molar refractivity (Wildman–Crippen MR) is 78.6 cm³/mol. The van der Waals surface area contributed by atoms with Gasteiger partial charge in [-0.3, -0.25) is 4.98 Å². The van der Waals surface area contributed by atoms with E-state index in [1.807, 2.05) is 17.1 Å². The molecule has 0 unspecified atom stereocenters.